The van der Waals surface area contributed by atoms with Gasteiger partial charge in [-0.25, -0.2) is 8.42 Å². The quantitative estimate of drug-likeness (QED) is 0.162. The monoisotopic (exact) mass is 616 g/mol. The average molecular weight is 617 g/mol. The van der Waals surface area contributed by atoms with Crippen LogP contribution < -0.4 is 15.4 Å². The molecule has 0 saturated carbocycles. The Morgan fingerprint density at radius 2 is 1.43 bits per heavy atom. The van der Waals surface area contributed by atoms with Crippen LogP contribution in [0.4, 0.5) is 0 Å². The highest BCUT2D eigenvalue weighted by atomic mass is 32.2. The number of aliphatic hydroxyl groups excluding tert-OH is 1. The number of nitrogens with one attached hydrogen (secondary N) is 2. The van der Waals surface area contributed by atoms with Crippen LogP contribution in [0.5, 0.6) is 5.75 Å². The van der Waals surface area contributed by atoms with Crippen molar-refractivity contribution in [2.75, 3.05) is 19.4 Å². The van der Waals surface area contributed by atoms with E-state index in [0.717, 1.165) is 22.4 Å². The summed E-state index contributed by atoms with van der Waals surface area (Å²) in [6.45, 7) is 0.853. The summed E-state index contributed by atoms with van der Waals surface area (Å²) in [5, 5.41) is 17.5. The van der Waals surface area contributed by atoms with E-state index in [1.807, 2.05) is 84.9 Å². The molecule has 0 heterocycles. The van der Waals surface area contributed by atoms with Crippen molar-refractivity contribution >= 4 is 15.7 Å². The first-order valence-corrected chi connectivity index (χ1v) is 16.3. The Kier molecular flexibility index (Phi) is 12.5. The van der Waals surface area contributed by atoms with Crippen molar-refractivity contribution < 1.29 is 27.8 Å². The van der Waals surface area contributed by atoms with Gasteiger partial charge in [-0.05, 0) is 53.8 Å². The molecule has 0 saturated heterocycles. The number of methoxy groups -OCH3 is 1. The molecule has 44 heavy (non-hydrogen) atoms. The van der Waals surface area contributed by atoms with Crippen LogP contribution >= 0.6 is 0 Å². The fraction of sp³-hybridized carbons (Fsp3) is 0.286. The molecule has 0 spiro atoms. The van der Waals surface area contributed by atoms with E-state index in [1.165, 1.54) is 0 Å². The van der Waals surface area contributed by atoms with Gasteiger partial charge in [0, 0.05) is 13.1 Å². The topological polar surface area (TPSA) is 114 Å². The minimum atomic E-state index is -3.64. The number of sulfone groups is 1. The van der Waals surface area contributed by atoms with Gasteiger partial charge in [-0.1, -0.05) is 91.0 Å². The van der Waals surface area contributed by atoms with Gasteiger partial charge in [0.2, 0.25) is 5.91 Å². The lowest BCUT2D eigenvalue weighted by Crippen LogP contribution is -2.51. The highest BCUT2D eigenvalue weighted by Crippen LogP contribution is 2.16. The summed E-state index contributed by atoms with van der Waals surface area (Å²) in [7, 11) is -2.02. The first-order valence-electron chi connectivity index (χ1n) is 14.6. The fourth-order valence-corrected chi connectivity index (χ4v) is 6.12. The molecular weight excluding hydrogens is 576 g/mol. The normalized spacial score (nSPS) is 13.5. The molecule has 3 atom stereocenters. The molecule has 0 aliphatic carbocycles. The van der Waals surface area contributed by atoms with Crippen molar-refractivity contribution in [2.45, 2.75) is 49.1 Å². The van der Waals surface area contributed by atoms with Gasteiger partial charge in [0.05, 0.1) is 36.5 Å². The van der Waals surface area contributed by atoms with Gasteiger partial charge < -0.3 is 25.2 Å². The molecule has 0 radical (unpaired) electrons. The first kappa shape index (κ1) is 32.9. The van der Waals surface area contributed by atoms with Gasteiger partial charge in [0.25, 0.3) is 0 Å². The van der Waals surface area contributed by atoms with Gasteiger partial charge >= 0.3 is 0 Å². The molecule has 0 bridgehead atoms. The van der Waals surface area contributed by atoms with Crippen molar-refractivity contribution in [3.8, 4) is 5.75 Å². The number of hydrogen-bond donors (Lipinski definition) is 3. The van der Waals surface area contributed by atoms with Crippen molar-refractivity contribution in [1.29, 1.82) is 0 Å². The van der Waals surface area contributed by atoms with Gasteiger partial charge in [-0.2, -0.15) is 0 Å². The fourth-order valence-electron chi connectivity index (χ4n) is 4.79. The van der Waals surface area contributed by atoms with E-state index >= 15 is 0 Å². The predicted molar refractivity (Wildman–Crippen MR) is 171 cm³/mol. The van der Waals surface area contributed by atoms with E-state index < -0.39 is 34.0 Å². The first-order chi connectivity index (χ1) is 21.3. The number of ether oxygens (including phenoxy) is 2. The molecule has 8 nitrogen and oxygen atoms in total. The van der Waals surface area contributed by atoms with Gasteiger partial charge in [-0.15, -0.1) is 0 Å². The van der Waals surface area contributed by atoms with Crippen molar-refractivity contribution in [3.63, 3.8) is 0 Å². The molecule has 232 valence electrons. The van der Waals surface area contributed by atoms with Crippen LogP contribution in [0.25, 0.3) is 0 Å². The molecule has 3 N–H and O–H groups in total. The van der Waals surface area contributed by atoms with Crippen LogP contribution in [0.2, 0.25) is 0 Å². The summed E-state index contributed by atoms with van der Waals surface area (Å²) >= 11 is 0. The Hall–Kier alpha value is -4.02. The maximum atomic E-state index is 13.7. The smallest absolute Gasteiger partial charge is 0.249 e. The third kappa shape index (κ3) is 10.3. The molecule has 4 aromatic rings. The highest BCUT2D eigenvalue weighted by Gasteiger charge is 2.28. The van der Waals surface area contributed by atoms with E-state index in [0.29, 0.717) is 13.0 Å². The third-order valence-electron chi connectivity index (χ3n) is 7.24. The second-order valence-corrected chi connectivity index (χ2v) is 12.7. The second-order valence-electron chi connectivity index (χ2n) is 10.6. The molecule has 0 fully saturated rings. The number of amides is 1. The molecule has 4 aromatic carbocycles. The van der Waals surface area contributed by atoms with Crippen molar-refractivity contribution in [3.05, 3.63) is 132 Å². The largest absolute Gasteiger partial charge is 0.497 e. The molecular formula is C35H40N2O6S. The molecule has 0 aliphatic heterocycles. The van der Waals surface area contributed by atoms with E-state index in [4.69, 9.17) is 9.47 Å². The number of rotatable bonds is 17. The Bertz CT molecular complexity index is 1540. The van der Waals surface area contributed by atoms with Crippen molar-refractivity contribution in [1.82, 2.24) is 10.6 Å². The Morgan fingerprint density at radius 1 is 0.818 bits per heavy atom. The zero-order valence-corrected chi connectivity index (χ0v) is 25.7. The molecule has 1 unspecified atom stereocenters. The molecule has 1 amide bonds. The van der Waals surface area contributed by atoms with Crippen LogP contribution in [-0.4, -0.2) is 57.1 Å². The standard InChI is InChI=1S/C35H40N2O6S/c1-42-30-17-11-16-29(22-30)24-36-25-33(38)32(23-27-12-5-2-6-13-27)37-35(39)34(43-26-28-14-7-3-8-15-28)20-21-44(40,41)31-18-9-4-10-19-31/h2-19,22,32-34,36,38H,20-21,23-26H2,1H3,(H,37,39)/t32-,33-,34?/m0/s1. The number of aliphatic hydroxyl groups is 1. The summed E-state index contributed by atoms with van der Waals surface area (Å²) in [5.41, 5.74) is 2.80. The van der Waals surface area contributed by atoms with Crippen LogP contribution in [0.3, 0.4) is 0 Å². The van der Waals surface area contributed by atoms with E-state index in [9.17, 15) is 18.3 Å². The molecule has 9 heteroatoms. The third-order valence-corrected chi connectivity index (χ3v) is 9.01. The second kappa shape index (κ2) is 16.7. The Morgan fingerprint density at radius 3 is 2.09 bits per heavy atom. The number of hydrogen-bond acceptors (Lipinski definition) is 7. The van der Waals surface area contributed by atoms with Crippen LogP contribution in [-0.2, 0) is 38.9 Å². The zero-order chi connectivity index (χ0) is 31.2. The van der Waals surface area contributed by atoms with Gasteiger partial charge in [-0.3, -0.25) is 4.79 Å². The molecule has 0 aromatic heterocycles. The van der Waals surface area contributed by atoms with E-state index in [2.05, 4.69) is 10.6 Å². The maximum absolute atomic E-state index is 13.7. The van der Waals surface area contributed by atoms with Crippen molar-refractivity contribution in [2.24, 2.45) is 0 Å². The summed E-state index contributed by atoms with van der Waals surface area (Å²) in [4.78, 5) is 13.9. The SMILES string of the molecule is COc1cccc(CNC[C@H](O)[C@H](Cc2ccccc2)NC(=O)C(CCS(=O)(=O)c2ccccc2)OCc2ccccc2)c1. The lowest BCUT2D eigenvalue weighted by Gasteiger charge is -2.27. The number of carbonyl (C=O) groups excluding carboxylic acids is 1. The predicted octanol–water partition coefficient (Wildman–Crippen LogP) is 4.32. The lowest BCUT2D eigenvalue weighted by atomic mass is 10.0. The van der Waals surface area contributed by atoms with E-state index in [-0.39, 0.29) is 30.2 Å². The molecule has 4 rings (SSSR count). The van der Waals surface area contributed by atoms with Crippen LogP contribution in [0, 0.1) is 0 Å². The van der Waals surface area contributed by atoms with Gasteiger partial charge in [0.1, 0.15) is 11.9 Å². The zero-order valence-electron chi connectivity index (χ0n) is 24.8. The minimum absolute atomic E-state index is 0.0435. The van der Waals surface area contributed by atoms with E-state index in [1.54, 1.807) is 37.4 Å². The summed E-state index contributed by atoms with van der Waals surface area (Å²) < 4.78 is 37.4. The van der Waals surface area contributed by atoms with Gasteiger partial charge in [0.15, 0.2) is 9.84 Å². The lowest BCUT2D eigenvalue weighted by molar-refractivity contribution is -0.135. The Balaban J connectivity index is 1.47. The summed E-state index contributed by atoms with van der Waals surface area (Å²) in [6.07, 6.45) is -1.66. The maximum Gasteiger partial charge on any atom is 0.249 e. The Labute approximate surface area is 260 Å². The minimum Gasteiger partial charge on any atom is -0.497 e. The highest BCUT2D eigenvalue weighted by molar-refractivity contribution is 7.91. The number of carbonyl (C=O) groups is 1. The number of benzene rings is 4. The average Bonchev–Trinajstić information content (AvgIpc) is 3.05. The van der Waals surface area contributed by atoms with Crippen LogP contribution in [0.1, 0.15) is 23.1 Å². The summed E-state index contributed by atoms with van der Waals surface area (Å²) in [6, 6.07) is 34.1. The van der Waals surface area contributed by atoms with Crippen LogP contribution in [0.15, 0.2) is 120 Å². The molecule has 0 aliphatic rings. The summed E-state index contributed by atoms with van der Waals surface area (Å²) in [5.74, 6) is 0.00426.